The number of benzene rings is 1. The second-order valence-corrected chi connectivity index (χ2v) is 5.14. The van der Waals surface area contributed by atoms with Crippen LogP contribution in [0.3, 0.4) is 0 Å². The Morgan fingerprint density at radius 2 is 1.56 bits per heavy atom. The lowest BCUT2D eigenvalue weighted by atomic mass is 10.1. The molecule has 0 aliphatic rings. The number of nitrogens with two attached hydrogens (primary N) is 2. The first kappa shape index (κ1) is 9.83. The summed E-state index contributed by atoms with van der Waals surface area (Å²) in [5.74, 6) is 0. The van der Waals surface area contributed by atoms with Crippen LogP contribution in [0.4, 0.5) is 11.4 Å². The summed E-state index contributed by atoms with van der Waals surface area (Å²) in [5.41, 5.74) is 16.7. The average molecular weight is 326 g/mol. The van der Waals surface area contributed by atoms with Gasteiger partial charge in [-0.15, -0.1) is 0 Å². The summed E-state index contributed by atoms with van der Waals surface area (Å²) in [7, 11) is 0. The molecule has 3 aromatic rings. The van der Waals surface area contributed by atoms with Crippen LogP contribution in [0.2, 0.25) is 0 Å². The van der Waals surface area contributed by atoms with Crippen molar-refractivity contribution >= 4 is 55.8 Å². The number of aromatic amines is 2. The Kier molecular flexibility index (Phi) is 1.88. The van der Waals surface area contributed by atoms with E-state index in [1.54, 1.807) is 0 Å². The summed E-state index contributed by atoms with van der Waals surface area (Å²) < 4.78 is 1.04. The molecule has 0 spiro atoms. The Labute approximate surface area is 106 Å². The van der Waals surface area contributed by atoms with E-state index in [0.717, 1.165) is 42.6 Å². The molecule has 0 unspecified atom stereocenters. The van der Waals surface area contributed by atoms with Gasteiger partial charge in [-0.05, 0) is 41.6 Å². The van der Waals surface area contributed by atoms with Crippen molar-refractivity contribution in [3.8, 4) is 0 Å². The van der Waals surface area contributed by atoms with Crippen molar-refractivity contribution < 1.29 is 0 Å². The molecule has 4 nitrogen and oxygen atoms in total. The third kappa shape index (κ3) is 1.14. The number of nitrogen functional groups attached to an aromatic ring is 2. The number of anilines is 2. The largest absolute Gasteiger partial charge is 0.396 e. The van der Waals surface area contributed by atoms with Crippen LogP contribution in [0.15, 0.2) is 12.1 Å². The van der Waals surface area contributed by atoms with E-state index in [-0.39, 0.29) is 0 Å². The van der Waals surface area contributed by atoms with Gasteiger partial charge in [-0.3, -0.25) is 0 Å². The molecule has 0 saturated heterocycles. The maximum absolute atomic E-state index is 6.14. The number of rotatable bonds is 0. The lowest BCUT2D eigenvalue weighted by Gasteiger charge is -2.03. The summed E-state index contributed by atoms with van der Waals surface area (Å²) in [4.78, 5) is 6.48. The van der Waals surface area contributed by atoms with Gasteiger partial charge in [-0.1, -0.05) is 0 Å². The molecule has 2 aromatic heterocycles. The molecule has 0 radical (unpaired) electrons. The standard InChI is InChI=1S/C11H11IN4/c1-4-2-5-8(13)11-6(3-7(12)16-11)9(14)10(5)15-4/h2-3,15-16H,13-14H2,1H3. The lowest BCUT2D eigenvalue weighted by molar-refractivity contribution is 1.30. The number of H-pyrrole nitrogens is 2. The Bertz CT molecular complexity index is 593. The van der Waals surface area contributed by atoms with E-state index in [0.29, 0.717) is 0 Å². The van der Waals surface area contributed by atoms with E-state index < -0.39 is 0 Å². The number of halogens is 1. The van der Waals surface area contributed by atoms with E-state index in [1.165, 1.54) is 0 Å². The molecule has 6 N–H and O–H groups in total. The van der Waals surface area contributed by atoms with Crippen molar-refractivity contribution in [3.05, 3.63) is 21.5 Å². The van der Waals surface area contributed by atoms with Gasteiger partial charge in [-0.25, -0.2) is 0 Å². The topological polar surface area (TPSA) is 83.6 Å². The van der Waals surface area contributed by atoms with Crippen LogP contribution in [0.25, 0.3) is 21.8 Å². The highest BCUT2D eigenvalue weighted by Gasteiger charge is 2.13. The molecule has 0 fully saturated rings. The highest BCUT2D eigenvalue weighted by molar-refractivity contribution is 14.1. The molecule has 0 bridgehead atoms. The van der Waals surface area contributed by atoms with Crippen LogP contribution in [-0.4, -0.2) is 9.97 Å². The fraction of sp³-hybridized carbons (Fsp3) is 0.0909. The van der Waals surface area contributed by atoms with Crippen LogP contribution in [0.5, 0.6) is 0 Å². The van der Waals surface area contributed by atoms with Crippen LogP contribution in [-0.2, 0) is 0 Å². The van der Waals surface area contributed by atoms with Crippen LogP contribution in [0, 0.1) is 10.6 Å². The van der Waals surface area contributed by atoms with Gasteiger partial charge >= 0.3 is 0 Å². The van der Waals surface area contributed by atoms with Gasteiger partial charge in [0.05, 0.1) is 26.1 Å². The molecular formula is C11H11IN4. The average Bonchev–Trinajstić information content (AvgIpc) is 2.78. The second kappa shape index (κ2) is 3.07. The molecule has 16 heavy (non-hydrogen) atoms. The van der Waals surface area contributed by atoms with Gasteiger partial charge < -0.3 is 21.4 Å². The van der Waals surface area contributed by atoms with Crippen molar-refractivity contribution in [2.45, 2.75) is 6.92 Å². The maximum Gasteiger partial charge on any atom is 0.0784 e. The Morgan fingerprint density at radius 1 is 1.00 bits per heavy atom. The number of aryl methyl sites for hydroxylation is 1. The van der Waals surface area contributed by atoms with Gasteiger partial charge in [0.25, 0.3) is 0 Å². The summed E-state index contributed by atoms with van der Waals surface area (Å²) in [6.45, 7) is 2.00. The zero-order valence-electron chi connectivity index (χ0n) is 8.69. The molecule has 0 saturated carbocycles. The first-order valence-corrected chi connectivity index (χ1v) is 6.00. The highest BCUT2D eigenvalue weighted by atomic mass is 127. The third-order valence-electron chi connectivity index (χ3n) is 2.86. The first-order chi connectivity index (χ1) is 7.58. The second-order valence-electron chi connectivity index (χ2n) is 3.97. The summed E-state index contributed by atoms with van der Waals surface area (Å²) in [6, 6.07) is 4.03. The molecule has 0 aliphatic carbocycles. The zero-order chi connectivity index (χ0) is 11.4. The first-order valence-electron chi connectivity index (χ1n) is 4.92. The van der Waals surface area contributed by atoms with Crippen molar-refractivity contribution in [2.24, 2.45) is 0 Å². The van der Waals surface area contributed by atoms with Crippen molar-refractivity contribution in [1.29, 1.82) is 0 Å². The number of hydrogen-bond donors (Lipinski definition) is 4. The Hall–Kier alpha value is -1.37. The predicted molar refractivity (Wildman–Crippen MR) is 76.4 cm³/mol. The lowest BCUT2D eigenvalue weighted by Crippen LogP contribution is -1.93. The fourth-order valence-electron chi connectivity index (χ4n) is 2.13. The monoisotopic (exact) mass is 326 g/mol. The quantitative estimate of drug-likeness (QED) is 0.291. The van der Waals surface area contributed by atoms with Gasteiger partial charge in [0.2, 0.25) is 0 Å². The molecule has 3 rings (SSSR count). The van der Waals surface area contributed by atoms with Crippen molar-refractivity contribution in [2.75, 3.05) is 11.5 Å². The van der Waals surface area contributed by atoms with Crippen LogP contribution < -0.4 is 11.5 Å². The Morgan fingerprint density at radius 3 is 2.25 bits per heavy atom. The fourth-order valence-corrected chi connectivity index (χ4v) is 2.71. The highest BCUT2D eigenvalue weighted by Crippen LogP contribution is 2.36. The Balaban J connectivity index is 2.63. The molecule has 5 heteroatoms. The van der Waals surface area contributed by atoms with Crippen molar-refractivity contribution in [1.82, 2.24) is 9.97 Å². The summed E-state index contributed by atoms with van der Waals surface area (Å²) in [6.07, 6.45) is 0. The molecule has 0 amide bonds. The van der Waals surface area contributed by atoms with E-state index in [2.05, 4.69) is 32.6 Å². The van der Waals surface area contributed by atoms with E-state index in [1.807, 2.05) is 19.1 Å². The minimum Gasteiger partial charge on any atom is -0.396 e. The van der Waals surface area contributed by atoms with Gasteiger partial charge in [0.15, 0.2) is 0 Å². The number of fused-ring (bicyclic) bond motifs is 2. The van der Waals surface area contributed by atoms with Crippen molar-refractivity contribution in [3.63, 3.8) is 0 Å². The summed E-state index contributed by atoms with van der Waals surface area (Å²) >= 11 is 2.22. The minimum atomic E-state index is 0.756. The predicted octanol–water partition coefficient (Wildman–Crippen LogP) is 2.73. The molecular weight excluding hydrogens is 315 g/mol. The molecule has 2 heterocycles. The van der Waals surface area contributed by atoms with Gasteiger partial charge in [0, 0.05) is 16.5 Å². The maximum atomic E-state index is 6.14. The molecule has 1 aromatic carbocycles. The smallest absolute Gasteiger partial charge is 0.0784 e. The van der Waals surface area contributed by atoms with Gasteiger partial charge in [0.1, 0.15) is 0 Å². The number of nitrogens with one attached hydrogen (secondary N) is 2. The van der Waals surface area contributed by atoms with E-state index in [9.17, 15) is 0 Å². The number of aromatic nitrogens is 2. The molecule has 0 atom stereocenters. The van der Waals surface area contributed by atoms with E-state index >= 15 is 0 Å². The van der Waals surface area contributed by atoms with Crippen LogP contribution in [0.1, 0.15) is 5.69 Å². The number of hydrogen-bond acceptors (Lipinski definition) is 2. The third-order valence-corrected chi connectivity index (χ3v) is 3.44. The van der Waals surface area contributed by atoms with Gasteiger partial charge in [-0.2, -0.15) is 0 Å². The molecule has 82 valence electrons. The van der Waals surface area contributed by atoms with Crippen LogP contribution >= 0.6 is 22.6 Å². The normalized spacial score (nSPS) is 11.6. The SMILES string of the molecule is Cc1cc2c(N)c3[nH]c(I)cc3c(N)c2[nH]1. The summed E-state index contributed by atoms with van der Waals surface area (Å²) in [5, 5.41) is 1.97. The minimum absolute atomic E-state index is 0.756. The van der Waals surface area contributed by atoms with E-state index in [4.69, 9.17) is 11.5 Å². The zero-order valence-corrected chi connectivity index (χ0v) is 10.8. The molecule has 0 aliphatic heterocycles.